The van der Waals surface area contributed by atoms with E-state index in [-0.39, 0.29) is 0 Å². The lowest BCUT2D eigenvalue weighted by Gasteiger charge is -1.98. The minimum Gasteiger partial charge on any atom is -0.508 e. The Labute approximate surface area is 77.3 Å². The lowest BCUT2D eigenvalue weighted by Crippen LogP contribution is -1.81. The standard InChI is InChI=1S/C10H11ClO/c1-2-3-10(12)8-4-6-9(11)7-5-8/h3-7,12H,2H2,1H3/b10-3-. The molecule has 0 radical (unpaired) electrons. The number of allylic oxidation sites excluding steroid dienone is 1. The normalized spacial score (nSPS) is 11.7. The zero-order chi connectivity index (χ0) is 8.97. The molecule has 0 spiro atoms. The molecule has 0 fully saturated rings. The summed E-state index contributed by atoms with van der Waals surface area (Å²) in [5.41, 5.74) is 0.807. The summed E-state index contributed by atoms with van der Waals surface area (Å²) in [4.78, 5) is 0. The fraction of sp³-hybridized carbons (Fsp3) is 0.200. The summed E-state index contributed by atoms with van der Waals surface area (Å²) in [6.45, 7) is 1.98. The topological polar surface area (TPSA) is 20.2 Å². The van der Waals surface area contributed by atoms with E-state index in [9.17, 15) is 5.11 Å². The third-order valence-electron chi connectivity index (χ3n) is 1.54. The van der Waals surface area contributed by atoms with Crippen LogP contribution < -0.4 is 0 Å². The number of rotatable bonds is 2. The molecule has 1 aromatic rings. The molecule has 0 bridgehead atoms. The summed E-state index contributed by atoms with van der Waals surface area (Å²) in [5, 5.41) is 10.1. The van der Waals surface area contributed by atoms with Gasteiger partial charge in [0, 0.05) is 10.6 Å². The second-order valence-electron chi connectivity index (χ2n) is 2.50. The number of aliphatic hydroxyl groups is 1. The van der Waals surface area contributed by atoms with Crippen LogP contribution in [0.3, 0.4) is 0 Å². The van der Waals surface area contributed by atoms with Crippen molar-refractivity contribution < 1.29 is 5.11 Å². The lowest BCUT2D eigenvalue weighted by molar-refractivity contribution is 0.509. The Morgan fingerprint density at radius 2 is 2.00 bits per heavy atom. The van der Waals surface area contributed by atoms with Gasteiger partial charge in [-0.2, -0.15) is 0 Å². The highest BCUT2D eigenvalue weighted by Gasteiger charge is 1.96. The monoisotopic (exact) mass is 182 g/mol. The fourth-order valence-electron chi connectivity index (χ4n) is 0.932. The molecule has 0 aromatic heterocycles. The summed E-state index contributed by atoms with van der Waals surface area (Å²) in [7, 11) is 0. The number of aliphatic hydroxyl groups excluding tert-OH is 1. The third-order valence-corrected chi connectivity index (χ3v) is 1.79. The molecule has 64 valence electrons. The second-order valence-corrected chi connectivity index (χ2v) is 2.94. The minimum atomic E-state index is 0.314. The number of benzene rings is 1. The molecule has 0 aliphatic rings. The van der Waals surface area contributed by atoms with Crippen molar-refractivity contribution in [2.24, 2.45) is 0 Å². The van der Waals surface area contributed by atoms with Crippen LogP contribution in [-0.4, -0.2) is 5.11 Å². The van der Waals surface area contributed by atoms with Gasteiger partial charge >= 0.3 is 0 Å². The van der Waals surface area contributed by atoms with Gasteiger partial charge in [0.25, 0.3) is 0 Å². The molecular formula is C10H11ClO. The average Bonchev–Trinajstić information content (AvgIpc) is 2.06. The van der Waals surface area contributed by atoms with Crippen LogP contribution in [0.4, 0.5) is 0 Å². The highest BCUT2D eigenvalue weighted by atomic mass is 35.5. The van der Waals surface area contributed by atoms with E-state index in [4.69, 9.17) is 11.6 Å². The predicted molar refractivity (Wildman–Crippen MR) is 52.3 cm³/mol. The Balaban J connectivity index is 2.89. The summed E-state index contributed by atoms with van der Waals surface area (Å²) in [6, 6.07) is 7.11. The lowest BCUT2D eigenvalue weighted by atomic mass is 10.2. The van der Waals surface area contributed by atoms with Gasteiger partial charge in [-0.1, -0.05) is 18.5 Å². The van der Waals surface area contributed by atoms with Crippen LogP contribution in [0.5, 0.6) is 0 Å². The van der Waals surface area contributed by atoms with Crippen molar-refractivity contribution in [3.05, 3.63) is 40.9 Å². The van der Waals surface area contributed by atoms with Crippen LogP contribution in [0, 0.1) is 0 Å². The van der Waals surface area contributed by atoms with Crippen molar-refractivity contribution in [2.75, 3.05) is 0 Å². The van der Waals surface area contributed by atoms with Crippen LogP contribution in [0.2, 0.25) is 5.02 Å². The molecule has 1 N–H and O–H groups in total. The molecule has 12 heavy (non-hydrogen) atoms. The first-order valence-corrected chi connectivity index (χ1v) is 4.27. The fourth-order valence-corrected chi connectivity index (χ4v) is 1.06. The summed E-state index contributed by atoms with van der Waals surface area (Å²) < 4.78 is 0. The zero-order valence-corrected chi connectivity index (χ0v) is 7.67. The van der Waals surface area contributed by atoms with E-state index in [2.05, 4.69) is 0 Å². The van der Waals surface area contributed by atoms with E-state index in [1.165, 1.54) is 0 Å². The first-order chi connectivity index (χ1) is 5.74. The summed E-state index contributed by atoms with van der Waals surface area (Å²) in [6.07, 6.45) is 2.59. The molecule has 0 unspecified atom stereocenters. The molecule has 0 aliphatic carbocycles. The molecule has 0 heterocycles. The Bertz CT molecular complexity index is 274. The summed E-state index contributed by atoms with van der Waals surface area (Å²) in [5.74, 6) is 0.314. The van der Waals surface area contributed by atoms with Gasteiger partial charge in [0.1, 0.15) is 5.76 Å². The van der Waals surface area contributed by atoms with Crippen molar-refractivity contribution in [3.63, 3.8) is 0 Å². The van der Waals surface area contributed by atoms with E-state index in [0.29, 0.717) is 10.8 Å². The molecule has 0 saturated carbocycles. The van der Waals surface area contributed by atoms with E-state index < -0.39 is 0 Å². The van der Waals surface area contributed by atoms with Crippen LogP contribution >= 0.6 is 11.6 Å². The first-order valence-electron chi connectivity index (χ1n) is 3.89. The maximum absolute atomic E-state index is 9.43. The van der Waals surface area contributed by atoms with E-state index in [1.807, 2.05) is 6.92 Å². The Morgan fingerprint density at radius 3 is 2.50 bits per heavy atom. The van der Waals surface area contributed by atoms with Gasteiger partial charge in [0.05, 0.1) is 0 Å². The van der Waals surface area contributed by atoms with E-state index in [0.717, 1.165) is 12.0 Å². The van der Waals surface area contributed by atoms with Gasteiger partial charge in [-0.3, -0.25) is 0 Å². The molecule has 0 amide bonds. The Hall–Kier alpha value is -0.950. The molecule has 0 aliphatic heterocycles. The van der Waals surface area contributed by atoms with Gasteiger partial charge in [-0.15, -0.1) is 0 Å². The molecule has 0 saturated heterocycles. The molecule has 1 nitrogen and oxygen atoms in total. The van der Waals surface area contributed by atoms with Crippen LogP contribution in [-0.2, 0) is 0 Å². The second kappa shape index (κ2) is 4.17. The van der Waals surface area contributed by atoms with Gasteiger partial charge in [-0.25, -0.2) is 0 Å². The van der Waals surface area contributed by atoms with Gasteiger partial charge in [-0.05, 0) is 36.8 Å². The number of halogens is 1. The van der Waals surface area contributed by atoms with Gasteiger partial charge in [0.15, 0.2) is 0 Å². The maximum Gasteiger partial charge on any atom is 0.118 e. The van der Waals surface area contributed by atoms with Crippen molar-refractivity contribution in [3.8, 4) is 0 Å². The quantitative estimate of drug-likeness (QED) is 0.693. The molecule has 0 atom stereocenters. The van der Waals surface area contributed by atoms with Crippen molar-refractivity contribution in [1.29, 1.82) is 0 Å². The van der Waals surface area contributed by atoms with Crippen LogP contribution in [0.1, 0.15) is 18.9 Å². The SMILES string of the molecule is CC/C=C(\O)c1ccc(Cl)cc1. The largest absolute Gasteiger partial charge is 0.508 e. The van der Waals surface area contributed by atoms with E-state index >= 15 is 0 Å². The Morgan fingerprint density at radius 1 is 1.42 bits per heavy atom. The smallest absolute Gasteiger partial charge is 0.118 e. The Kier molecular flexibility index (Phi) is 3.18. The highest BCUT2D eigenvalue weighted by molar-refractivity contribution is 6.30. The van der Waals surface area contributed by atoms with E-state index in [1.54, 1.807) is 30.3 Å². The predicted octanol–water partition coefficient (Wildman–Crippen LogP) is 3.65. The van der Waals surface area contributed by atoms with Crippen LogP contribution in [0.15, 0.2) is 30.3 Å². The van der Waals surface area contributed by atoms with Gasteiger partial charge < -0.3 is 5.11 Å². The highest BCUT2D eigenvalue weighted by Crippen LogP contribution is 2.15. The van der Waals surface area contributed by atoms with Crippen molar-refractivity contribution in [2.45, 2.75) is 13.3 Å². The summed E-state index contributed by atoms with van der Waals surface area (Å²) >= 11 is 5.69. The van der Waals surface area contributed by atoms with Gasteiger partial charge in [0.2, 0.25) is 0 Å². The minimum absolute atomic E-state index is 0.314. The number of hydrogen-bond donors (Lipinski definition) is 1. The first kappa shape index (κ1) is 9.14. The number of hydrogen-bond acceptors (Lipinski definition) is 1. The zero-order valence-electron chi connectivity index (χ0n) is 6.92. The van der Waals surface area contributed by atoms with Crippen molar-refractivity contribution >= 4 is 17.4 Å². The molecule has 2 heteroatoms. The molecule has 1 aromatic carbocycles. The molecular weight excluding hydrogens is 172 g/mol. The molecule has 1 rings (SSSR count). The maximum atomic E-state index is 9.43. The third kappa shape index (κ3) is 2.28. The average molecular weight is 183 g/mol. The van der Waals surface area contributed by atoms with Crippen molar-refractivity contribution in [1.82, 2.24) is 0 Å². The van der Waals surface area contributed by atoms with Crippen LogP contribution in [0.25, 0.3) is 5.76 Å².